The molecule has 0 aliphatic rings. The van der Waals surface area contributed by atoms with Gasteiger partial charge in [-0.25, -0.2) is 5.43 Å². The minimum Gasteiger partial charge on any atom is -0.494 e. The van der Waals surface area contributed by atoms with E-state index in [1.807, 2.05) is 0 Å². The molecular formula is C28H27BrCl2N4O6. The van der Waals surface area contributed by atoms with Gasteiger partial charge in [-0.15, -0.1) is 0 Å². The van der Waals surface area contributed by atoms with Crippen LogP contribution in [0, 0.1) is 0 Å². The summed E-state index contributed by atoms with van der Waals surface area (Å²) in [5.74, 6) is -1.08. The Balaban J connectivity index is 1.54. The van der Waals surface area contributed by atoms with Gasteiger partial charge in [0.2, 0.25) is 0 Å². The Morgan fingerprint density at radius 2 is 1.76 bits per heavy atom. The first-order valence-corrected chi connectivity index (χ1v) is 13.9. The van der Waals surface area contributed by atoms with Crippen molar-refractivity contribution < 1.29 is 28.6 Å². The van der Waals surface area contributed by atoms with Gasteiger partial charge in [0.25, 0.3) is 5.91 Å². The number of hydrogen-bond donors (Lipinski definition) is 3. The Morgan fingerprint density at radius 3 is 2.46 bits per heavy atom. The van der Waals surface area contributed by atoms with E-state index in [1.54, 1.807) is 54.6 Å². The van der Waals surface area contributed by atoms with Crippen LogP contribution in [-0.4, -0.2) is 44.3 Å². The molecule has 0 atom stereocenters. The fourth-order valence-electron chi connectivity index (χ4n) is 3.25. The third kappa shape index (κ3) is 9.66. The second-order valence-corrected chi connectivity index (χ2v) is 9.99. The fraction of sp³-hybridized carbons (Fsp3) is 0.214. The van der Waals surface area contributed by atoms with E-state index < -0.39 is 17.7 Å². The molecule has 3 aromatic carbocycles. The number of ether oxygens (including phenoxy) is 3. The number of anilines is 2. The molecule has 0 radical (unpaired) electrons. The summed E-state index contributed by atoms with van der Waals surface area (Å²) < 4.78 is 17.1. The van der Waals surface area contributed by atoms with E-state index in [0.717, 1.165) is 12.8 Å². The summed E-state index contributed by atoms with van der Waals surface area (Å²) in [7, 11) is 1.43. The third-order valence-electron chi connectivity index (χ3n) is 5.29. The summed E-state index contributed by atoms with van der Waals surface area (Å²) in [6.45, 7) is 2.34. The number of halogens is 3. The Kier molecular flexibility index (Phi) is 12.3. The van der Waals surface area contributed by atoms with Crippen LogP contribution in [0.4, 0.5) is 11.4 Å². The van der Waals surface area contributed by atoms with Gasteiger partial charge in [0.1, 0.15) is 5.75 Å². The number of hydrazone groups is 1. The number of carbonyl (C=O) groups is 3. The van der Waals surface area contributed by atoms with E-state index >= 15 is 0 Å². The maximum atomic E-state index is 12.4. The minimum atomic E-state index is -0.957. The minimum absolute atomic E-state index is 0.219. The number of hydrogen-bond acceptors (Lipinski definition) is 7. The van der Waals surface area contributed by atoms with Gasteiger partial charge in [-0.05, 0) is 76.4 Å². The highest BCUT2D eigenvalue weighted by atomic mass is 79.9. The van der Waals surface area contributed by atoms with Gasteiger partial charge < -0.3 is 24.8 Å². The molecular weight excluding hydrogens is 639 g/mol. The van der Waals surface area contributed by atoms with Gasteiger partial charge in [-0.1, -0.05) is 42.6 Å². The molecule has 0 aliphatic heterocycles. The van der Waals surface area contributed by atoms with E-state index in [0.29, 0.717) is 44.5 Å². The molecule has 0 aromatic heterocycles. The lowest BCUT2D eigenvalue weighted by molar-refractivity contribution is -0.136. The van der Waals surface area contributed by atoms with E-state index in [-0.39, 0.29) is 17.4 Å². The van der Waals surface area contributed by atoms with Crippen molar-refractivity contribution in [3.63, 3.8) is 0 Å². The van der Waals surface area contributed by atoms with Crippen molar-refractivity contribution in [2.45, 2.75) is 19.8 Å². The highest BCUT2D eigenvalue weighted by Crippen LogP contribution is 2.36. The molecule has 216 valence electrons. The number of rotatable bonds is 12. The van der Waals surface area contributed by atoms with Crippen LogP contribution in [0.15, 0.2) is 64.2 Å². The van der Waals surface area contributed by atoms with Crippen molar-refractivity contribution in [3.05, 3.63) is 74.7 Å². The summed E-state index contributed by atoms with van der Waals surface area (Å²) in [6, 6.07) is 14.8. The molecule has 0 fully saturated rings. The van der Waals surface area contributed by atoms with Crippen LogP contribution < -0.4 is 30.3 Å². The molecule has 0 saturated carbocycles. The van der Waals surface area contributed by atoms with Crippen LogP contribution in [-0.2, 0) is 14.4 Å². The number of nitrogens with zero attached hydrogens (tertiary/aromatic N) is 1. The lowest BCUT2D eigenvalue weighted by Gasteiger charge is -2.14. The second kappa shape index (κ2) is 15.8. The monoisotopic (exact) mass is 664 g/mol. The zero-order valence-corrected chi connectivity index (χ0v) is 25.2. The van der Waals surface area contributed by atoms with Crippen molar-refractivity contribution >= 4 is 74.4 Å². The van der Waals surface area contributed by atoms with Gasteiger partial charge in [-0.2, -0.15) is 5.10 Å². The highest BCUT2D eigenvalue weighted by molar-refractivity contribution is 9.10. The Morgan fingerprint density at radius 1 is 1.00 bits per heavy atom. The van der Waals surface area contributed by atoms with Crippen LogP contribution in [0.3, 0.4) is 0 Å². The second-order valence-electron chi connectivity index (χ2n) is 8.35. The first-order valence-electron chi connectivity index (χ1n) is 12.3. The molecule has 0 saturated heterocycles. The van der Waals surface area contributed by atoms with E-state index in [1.165, 1.54) is 13.3 Å². The van der Waals surface area contributed by atoms with Gasteiger partial charge in [0.05, 0.1) is 40.1 Å². The van der Waals surface area contributed by atoms with Gasteiger partial charge >= 0.3 is 11.8 Å². The summed E-state index contributed by atoms with van der Waals surface area (Å²) in [5, 5.41) is 9.48. The van der Waals surface area contributed by atoms with Gasteiger partial charge in [-0.3, -0.25) is 14.4 Å². The standard InChI is InChI=1S/C28H27BrCl2N4O6/c1-3-4-12-40-19-10-8-18(9-11-19)33-27(37)28(38)35-32-15-17-13-20(29)26(23(14-17)39-2)41-16-24(36)34-22-7-5-6-21(30)25(22)31/h5-11,13-15H,3-4,12,16H2,1-2H3,(H,33,37)(H,34,36)(H,35,38)/b32-15-. The first kappa shape index (κ1) is 31.7. The molecule has 10 nitrogen and oxygen atoms in total. The molecule has 3 N–H and O–H groups in total. The Hall–Kier alpha value is -3.80. The van der Waals surface area contributed by atoms with Crippen molar-refractivity contribution in [2.24, 2.45) is 5.10 Å². The summed E-state index contributed by atoms with van der Waals surface area (Å²) in [5.41, 5.74) is 3.47. The number of methoxy groups -OCH3 is 1. The van der Waals surface area contributed by atoms with Crippen molar-refractivity contribution in [2.75, 3.05) is 31.0 Å². The maximum Gasteiger partial charge on any atom is 0.329 e. The lowest BCUT2D eigenvalue weighted by atomic mass is 10.2. The molecule has 0 bridgehead atoms. The average molecular weight is 666 g/mol. The molecule has 0 unspecified atom stereocenters. The number of unbranched alkanes of at least 4 members (excludes halogenated alkanes) is 1. The molecule has 0 heterocycles. The van der Waals surface area contributed by atoms with Gasteiger partial charge in [0, 0.05) is 5.69 Å². The largest absolute Gasteiger partial charge is 0.494 e. The summed E-state index contributed by atoms with van der Waals surface area (Å²) in [6.07, 6.45) is 3.29. The Labute approximate surface area is 255 Å². The Bertz CT molecular complexity index is 1420. The lowest BCUT2D eigenvalue weighted by Crippen LogP contribution is -2.32. The topological polar surface area (TPSA) is 127 Å². The molecule has 3 aromatic rings. The van der Waals surface area contributed by atoms with E-state index in [2.05, 4.69) is 44.0 Å². The van der Waals surface area contributed by atoms with Crippen LogP contribution in [0.5, 0.6) is 17.2 Å². The van der Waals surface area contributed by atoms with E-state index in [4.69, 9.17) is 37.4 Å². The molecule has 3 rings (SSSR count). The van der Waals surface area contributed by atoms with Crippen LogP contribution in [0.1, 0.15) is 25.3 Å². The molecule has 0 spiro atoms. The zero-order valence-electron chi connectivity index (χ0n) is 22.1. The number of amides is 3. The van der Waals surface area contributed by atoms with Crippen molar-refractivity contribution in [1.29, 1.82) is 0 Å². The molecule has 3 amide bonds. The van der Waals surface area contributed by atoms with E-state index in [9.17, 15) is 14.4 Å². The first-order chi connectivity index (χ1) is 19.7. The van der Waals surface area contributed by atoms with Crippen molar-refractivity contribution in [1.82, 2.24) is 5.43 Å². The smallest absolute Gasteiger partial charge is 0.329 e. The fourth-order valence-corrected chi connectivity index (χ4v) is 4.17. The maximum absolute atomic E-state index is 12.4. The molecule has 41 heavy (non-hydrogen) atoms. The van der Waals surface area contributed by atoms with Gasteiger partial charge in [0.15, 0.2) is 18.1 Å². The average Bonchev–Trinajstić information content (AvgIpc) is 2.95. The van der Waals surface area contributed by atoms with Crippen LogP contribution in [0.2, 0.25) is 10.0 Å². The number of nitrogens with one attached hydrogen (secondary N) is 3. The number of benzene rings is 3. The van der Waals surface area contributed by atoms with Crippen LogP contribution >= 0.6 is 39.1 Å². The van der Waals surface area contributed by atoms with Crippen molar-refractivity contribution in [3.8, 4) is 17.2 Å². The predicted molar refractivity (Wildman–Crippen MR) is 162 cm³/mol. The SMILES string of the molecule is CCCCOc1ccc(NC(=O)C(=O)N/N=C\c2cc(Br)c(OCC(=O)Nc3cccc(Cl)c3Cl)c(OC)c2)cc1. The third-order valence-corrected chi connectivity index (χ3v) is 6.70. The zero-order chi connectivity index (χ0) is 29.8. The quantitative estimate of drug-likeness (QED) is 0.0936. The predicted octanol–water partition coefficient (Wildman–Crippen LogP) is 6.05. The molecule has 13 heteroatoms. The van der Waals surface area contributed by atoms with Crippen LogP contribution in [0.25, 0.3) is 0 Å². The normalized spacial score (nSPS) is 10.7. The summed E-state index contributed by atoms with van der Waals surface area (Å²) in [4.78, 5) is 36.8. The molecule has 0 aliphatic carbocycles. The summed E-state index contributed by atoms with van der Waals surface area (Å²) >= 11 is 15.5. The number of carbonyl (C=O) groups excluding carboxylic acids is 3. The highest BCUT2D eigenvalue weighted by Gasteiger charge is 2.16.